The van der Waals surface area contributed by atoms with E-state index in [9.17, 15) is 9.59 Å². The number of carbonyl (C=O) groups excluding carboxylic acids is 2. The Morgan fingerprint density at radius 3 is 2.59 bits per heavy atom. The number of carbonyl (C=O) groups is 2. The monoisotopic (exact) mass is 387 g/mol. The van der Waals surface area contributed by atoms with Gasteiger partial charge in [-0.25, -0.2) is 0 Å². The van der Waals surface area contributed by atoms with Crippen molar-refractivity contribution in [2.45, 2.75) is 39.7 Å². The number of hydrogen-bond donors (Lipinski definition) is 1. The van der Waals surface area contributed by atoms with Crippen LogP contribution in [0, 0.1) is 6.92 Å². The second kappa shape index (κ2) is 8.03. The minimum atomic E-state index is -0.0883. The fraction of sp³-hybridized carbons (Fsp3) is 0.292. The maximum absolute atomic E-state index is 13.0. The standard InChI is InChI=1S/C24H25N3O2/c1-3-20-16(2)23(19-7-4-5-8-21(19)26-20)24(29)25-15-17-10-12-18(13-11-17)27-14-6-9-22(27)28/h4-5,7-8,10-13H,3,6,9,14-15H2,1-2H3,(H,25,29). The molecule has 29 heavy (non-hydrogen) atoms. The summed E-state index contributed by atoms with van der Waals surface area (Å²) in [5.74, 6) is 0.0902. The van der Waals surface area contributed by atoms with Crippen LogP contribution in [0.3, 0.4) is 0 Å². The lowest BCUT2D eigenvalue weighted by atomic mass is 9.99. The highest BCUT2D eigenvalue weighted by Crippen LogP contribution is 2.24. The third-order valence-corrected chi connectivity index (χ3v) is 5.57. The van der Waals surface area contributed by atoms with E-state index in [1.165, 1.54) is 0 Å². The van der Waals surface area contributed by atoms with Gasteiger partial charge in [-0.2, -0.15) is 0 Å². The molecule has 4 rings (SSSR count). The van der Waals surface area contributed by atoms with E-state index in [-0.39, 0.29) is 11.8 Å². The molecule has 5 nitrogen and oxygen atoms in total. The van der Waals surface area contributed by atoms with Crippen molar-refractivity contribution in [3.8, 4) is 0 Å². The summed E-state index contributed by atoms with van der Waals surface area (Å²) in [5.41, 5.74) is 5.36. The lowest BCUT2D eigenvalue weighted by Crippen LogP contribution is -2.25. The summed E-state index contributed by atoms with van der Waals surface area (Å²) >= 11 is 0. The van der Waals surface area contributed by atoms with Crippen LogP contribution in [0.4, 0.5) is 5.69 Å². The lowest BCUT2D eigenvalue weighted by Gasteiger charge is -2.16. The molecule has 1 aliphatic rings. The molecule has 0 unspecified atom stereocenters. The summed E-state index contributed by atoms with van der Waals surface area (Å²) in [7, 11) is 0. The molecule has 3 aromatic rings. The molecule has 2 amide bonds. The zero-order valence-corrected chi connectivity index (χ0v) is 16.9. The molecule has 148 valence electrons. The summed E-state index contributed by atoms with van der Waals surface area (Å²) < 4.78 is 0. The number of anilines is 1. The summed E-state index contributed by atoms with van der Waals surface area (Å²) in [5, 5.41) is 3.93. The molecule has 1 aromatic heterocycles. The highest BCUT2D eigenvalue weighted by molar-refractivity contribution is 6.07. The van der Waals surface area contributed by atoms with Gasteiger partial charge in [-0.3, -0.25) is 14.6 Å². The molecule has 2 aromatic carbocycles. The summed E-state index contributed by atoms with van der Waals surface area (Å²) in [6, 6.07) is 15.6. The minimum absolute atomic E-state index is 0.0883. The van der Waals surface area contributed by atoms with Crippen molar-refractivity contribution in [1.29, 1.82) is 0 Å². The number of pyridine rings is 1. The van der Waals surface area contributed by atoms with E-state index in [1.807, 2.05) is 60.4 Å². The largest absolute Gasteiger partial charge is 0.348 e. The predicted molar refractivity (Wildman–Crippen MR) is 115 cm³/mol. The van der Waals surface area contributed by atoms with E-state index < -0.39 is 0 Å². The molecule has 5 heteroatoms. The van der Waals surface area contributed by atoms with Crippen LogP contribution in [0.25, 0.3) is 10.9 Å². The van der Waals surface area contributed by atoms with E-state index >= 15 is 0 Å². The van der Waals surface area contributed by atoms with Crippen molar-refractivity contribution in [3.05, 3.63) is 70.9 Å². The number of amides is 2. The number of nitrogens with zero attached hydrogens (tertiary/aromatic N) is 2. The molecule has 1 saturated heterocycles. The number of nitrogens with one attached hydrogen (secondary N) is 1. The number of fused-ring (bicyclic) bond motifs is 1. The van der Waals surface area contributed by atoms with Gasteiger partial charge in [0.1, 0.15) is 0 Å². The molecule has 1 aliphatic heterocycles. The Morgan fingerprint density at radius 1 is 1.14 bits per heavy atom. The maximum Gasteiger partial charge on any atom is 0.252 e. The van der Waals surface area contributed by atoms with Gasteiger partial charge in [0, 0.05) is 36.3 Å². The zero-order chi connectivity index (χ0) is 20.4. The second-order valence-electron chi connectivity index (χ2n) is 7.43. The van der Waals surface area contributed by atoms with Gasteiger partial charge < -0.3 is 10.2 Å². The maximum atomic E-state index is 13.0. The number of benzene rings is 2. The Balaban J connectivity index is 1.53. The topological polar surface area (TPSA) is 62.3 Å². The van der Waals surface area contributed by atoms with Gasteiger partial charge >= 0.3 is 0 Å². The normalized spacial score (nSPS) is 13.9. The molecule has 1 N–H and O–H groups in total. The second-order valence-corrected chi connectivity index (χ2v) is 7.43. The highest BCUT2D eigenvalue weighted by atomic mass is 16.2. The van der Waals surface area contributed by atoms with Crippen LogP contribution in [0.1, 0.15) is 46.9 Å². The van der Waals surface area contributed by atoms with Crippen LogP contribution in [0.15, 0.2) is 48.5 Å². The van der Waals surface area contributed by atoms with Crippen LogP contribution < -0.4 is 10.2 Å². The fourth-order valence-corrected chi connectivity index (χ4v) is 3.98. The Kier molecular flexibility index (Phi) is 5.30. The van der Waals surface area contributed by atoms with Gasteiger partial charge in [-0.1, -0.05) is 37.3 Å². The van der Waals surface area contributed by atoms with Crippen molar-refractivity contribution in [1.82, 2.24) is 10.3 Å². The molecule has 1 fully saturated rings. The van der Waals surface area contributed by atoms with E-state index in [0.29, 0.717) is 18.5 Å². The van der Waals surface area contributed by atoms with Crippen molar-refractivity contribution >= 4 is 28.4 Å². The number of hydrogen-bond acceptors (Lipinski definition) is 3. The van der Waals surface area contributed by atoms with E-state index in [4.69, 9.17) is 4.98 Å². The molecule has 0 radical (unpaired) electrons. The molecular formula is C24H25N3O2. The lowest BCUT2D eigenvalue weighted by molar-refractivity contribution is -0.117. The summed E-state index contributed by atoms with van der Waals surface area (Å²) in [4.78, 5) is 31.5. The minimum Gasteiger partial charge on any atom is -0.348 e. The third-order valence-electron chi connectivity index (χ3n) is 5.57. The number of para-hydroxylation sites is 1. The SMILES string of the molecule is CCc1nc2ccccc2c(C(=O)NCc2ccc(N3CCCC3=O)cc2)c1C. The van der Waals surface area contributed by atoms with Gasteiger partial charge in [-0.05, 0) is 49.1 Å². The molecule has 2 heterocycles. The van der Waals surface area contributed by atoms with Crippen molar-refractivity contribution in [2.24, 2.45) is 0 Å². The first-order valence-electron chi connectivity index (χ1n) is 10.1. The van der Waals surface area contributed by atoms with Crippen LogP contribution in [0.5, 0.6) is 0 Å². The van der Waals surface area contributed by atoms with Crippen molar-refractivity contribution in [2.75, 3.05) is 11.4 Å². The molecule has 0 spiro atoms. The number of aryl methyl sites for hydroxylation is 1. The van der Waals surface area contributed by atoms with Gasteiger partial charge in [0.2, 0.25) is 5.91 Å². The third kappa shape index (κ3) is 3.73. The predicted octanol–water partition coefficient (Wildman–Crippen LogP) is 4.16. The van der Waals surface area contributed by atoms with E-state index in [0.717, 1.165) is 52.8 Å². The van der Waals surface area contributed by atoms with Gasteiger partial charge in [0.05, 0.1) is 11.1 Å². The fourth-order valence-electron chi connectivity index (χ4n) is 3.98. The Bertz CT molecular complexity index is 1070. The van der Waals surface area contributed by atoms with Crippen molar-refractivity contribution < 1.29 is 9.59 Å². The Morgan fingerprint density at radius 2 is 1.90 bits per heavy atom. The first-order valence-corrected chi connectivity index (χ1v) is 10.1. The van der Waals surface area contributed by atoms with Gasteiger partial charge in [0.15, 0.2) is 0 Å². The van der Waals surface area contributed by atoms with Crippen LogP contribution >= 0.6 is 0 Å². The zero-order valence-electron chi connectivity index (χ0n) is 16.9. The van der Waals surface area contributed by atoms with Crippen LogP contribution in [-0.4, -0.2) is 23.3 Å². The van der Waals surface area contributed by atoms with E-state index in [1.54, 1.807) is 0 Å². The first kappa shape index (κ1) is 19.1. The highest BCUT2D eigenvalue weighted by Gasteiger charge is 2.21. The molecule has 0 bridgehead atoms. The molecule has 0 atom stereocenters. The van der Waals surface area contributed by atoms with Gasteiger partial charge in [0.25, 0.3) is 5.91 Å². The van der Waals surface area contributed by atoms with Crippen LogP contribution in [0.2, 0.25) is 0 Å². The number of aromatic nitrogens is 1. The first-order chi connectivity index (χ1) is 14.1. The van der Waals surface area contributed by atoms with Crippen LogP contribution in [-0.2, 0) is 17.8 Å². The van der Waals surface area contributed by atoms with E-state index in [2.05, 4.69) is 12.2 Å². The molecule has 0 saturated carbocycles. The van der Waals surface area contributed by atoms with Gasteiger partial charge in [-0.15, -0.1) is 0 Å². The summed E-state index contributed by atoms with van der Waals surface area (Å²) in [6.45, 7) is 5.24. The van der Waals surface area contributed by atoms with Crippen molar-refractivity contribution in [3.63, 3.8) is 0 Å². The quantitative estimate of drug-likeness (QED) is 0.715. The molecule has 0 aliphatic carbocycles. The average Bonchev–Trinajstić information content (AvgIpc) is 3.17. The average molecular weight is 387 g/mol. The summed E-state index contributed by atoms with van der Waals surface area (Å²) in [6.07, 6.45) is 2.32. The Hall–Kier alpha value is -3.21. The smallest absolute Gasteiger partial charge is 0.252 e. The Labute approximate surface area is 170 Å². The molecular weight excluding hydrogens is 362 g/mol. The number of rotatable bonds is 5.